The molecule has 3 heteroatoms. The van der Waals surface area contributed by atoms with Crippen LogP contribution < -0.4 is 5.48 Å². The second-order valence-corrected chi connectivity index (χ2v) is 4.81. The molecule has 0 fully saturated rings. The molecule has 0 atom stereocenters. The van der Waals surface area contributed by atoms with Crippen molar-refractivity contribution in [2.45, 2.75) is 32.7 Å². The van der Waals surface area contributed by atoms with Gasteiger partial charge in [0.2, 0.25) is 0 Å². The maximum absolute atomic E-state index is 8.55. The Labute approximate surface area is 89.9 Å². The van der Waals surface area contributed by atoms with E-state index in [9.17, 15) is 0 Å². The molecular weight excluding hydrogens is 198 g/mol. The van der Waals surface area contributed by atoms with Crippen molar-refractivity contribution < 1.29 is 5.21 Å². The molecule has 0 aliphatic heterocycles. The first-order valence-corrected chi connectivity index (χ1v) is 4.99. The third-order valence-electron chi connectivity index (χ3n) is 2.12. The Balaban J connectivity index is 3.02. The van der Waals surface area contributed by atoms with Gasteiger partial charge in [0.1, 0.15) is 0 Å². The number of hydrogen-bond acceptors (Lipinski definition) is 2. The van der Waals surface area contributed by atoms with Gasteiger partial charge in [-0.2, -0.15) is 0 Å². The normalized spacial score (nSPS) is 11.8. The van der Waals surface area contributed by atoms with Gasteiger partial charge >= 0.3 is 0 Å². The number of halogens is 1. The van der Waals surface area contributed by atoms with Crippen LogP contribution in [0.5, 0.6) is 0 Å². The lowest BCUT2D eigenvalue weighted by atomic mass is 9.86. The summed E-state index contributed by atoms with van der Waals surface area (Å²) in [4.78, 5) is 0. The van der Waals surface area contributed by atoms with E-state index < -0.39 is 0 Å². The molecule has 2 N–H and O–H groups in total. The summed E-state index contributed by atoms with van der Waals surface area (Å²) in [6.07, 6.45) is 0. The van der Waals surface area contributed by atoms with E-state index in [0.29, 0.717) is 6.54 Å². The third kappa shape index (κ3) is 2.71. The second-order valence-electron chi connectivity index (χ2n) is 4.40. The zero-order chi connectivity index (χ0) is 10.8. The Kier molecular flexibility index (Phi) is 3.53. The molecule has 2 nitrogen and oxygen atoms in total. The largest absolute Gasteiger partial charge is 0.316 e. The molecule has 0 aliphatic rings. The van der Waals surface area contributed by atoms with E-state index in [1.165, 1.54) is 0 Å². The molecule has 0 heterocycles. The molecule has 1 rings (SSSR count). The Morgan fingerprint density at radius 2 is 2.00 bits per heavy atom. The van der Waals surface area contributed by atoms with Crippen molar-refractivity contribution in [2.24, 2.45) is 0 Å². The van der Waals surface area contributed by atoms with E-state index in [1.54, 1.807) is 0 Å². The van der Waals surface area contributed by atoms with Crippen LogP contribution in [0.15, 0.2) is 18.2 Å². The van der Waals surface area contributed by atoms with Crippen LogP contribution in [0.25, 0.3) is 0 Å². The van der Waals surface area contributed by atoms with Crippen molar-refractivity contribution >= 4 is 11.6 Å². The molecule has 78 valence electrons. The van der Waals surface area contributed by atoms with Crippen molar-refractivity contribution in [2.75, 3.05) is 0 Å². The molecule has 0 aromatic heterocycles. The Hall–Kier alpha value is -0.570. The van der Waals surface area contributed by atoms with Crippen LogP contribution in [0.1, 0.15) is 31.9 Å². The number of benzene rings is 1. The van der Waals surface area contributed by atoms with E-state index in [2.05, 4.69) is 26.3 Å². The summed E-state index contributed by atoms with van der Waals surface area (Å²) >= 11 is 6.14. The van der Waals surface area contributed by atoms with Crippen LogP contribution in [0.4, 0.5) is 0 Å². The van der Waals surface area contributed by atoms with E-state index >= 15 is 0 Å². The van der Waals surface area contributed by atoms with Gasteiger partial charge in [0.25, 0.3) is 0 Å². The van der Waals surface area contributed by atoms with Gasteiger partial charge in [0.05, 0.1) is 0 Å². The van der Waals surface area contributed by atoms with Crippen LogP contribution in [0.3, 0.4) is 0 Å². The van der Waals surface area contributed by atoms with Gasteiger partial charge in [-0.05, 0) is 22.6 Å². The van der Waals surface area contributed by atoms with Gasteiger partial charge in [-0.1, -0.05) is 44.5 Å². The van der Waals surface area contributed by atoms with Crippen LogP contribution in [-0.2, 0) is 12.0 Å². The highest BCUT2D eigenvalue weighted by Crippen LogP contribution is 2.29. The first kappa shape index (κ1) is 11.5. The van der Waals surface area contributed by atoms with Crippen molar-refractivity contribution in [1.29, 1.82) is 0 Å². The summed E-state index contributed by atoms with van der Waals surface area (Å²) in [5.41, 5.74) is 4.27. The van der Waals surface area contributed by atoms with Gasteiger partial charge in [-0.15, -0.1) is 0 Å². The zero-order valence-electron chi connectivity index (χ0n) is 8.76. The average Bonchev–Trinajstić information content (AvgIpc) is 2.02. The highest BCUT2D eigenvalue weighted by molar-refractivity contribution is 6.31. The summed E-state index contributed by atoms with van der Waals surface area (Å²) in [6, 6.07) is 5.86. The number of hydroxylamine groups is 1. The molecule has 0 unspecified atom stereocenters. The minimum absolute atomic E-state index is 0.0578. The highest BCUT2D eigenvalue weighted by Gasteiger charge is 2.16. The standard InChI is InChI=1S/C11H16ClNO/c1-11(2,3)9-5-4-8(7-13-14)6-10(9)12/h4-6,13-14H,7H2,1-3H3. The van der Waals surface area contributed by atoms with E-state index in [1.807, 2.05) is 18.2 Å². The molecule has 0 spiro atoms. The van der Waals surface area contributed by atoms with Crippen LogP contribution >= 0.6 is 11.6 Å². The molecule has 1 aromatic rings. The minimum Gasteiger partial charge on any atom is -0.316 e. The lowest BCUT2D eigenvalue weighted by Gasteiger charge is -2.21. The summed E-state index contributed by atoms with van der Waals surface area (Å²) in [7, 11) is 0. The van der Waals surface area contributed by atoms with E-state index in [-0.39, 0.29) is 5.41 Å². The molecule has 0 aliphatic carbocycles. The number of nitrogens with one attached hydrogen (secondary N) is 1. The van der Waals surface area contributed by atoms with Crippen LogP contribution in [0, 0.1) is 0 Å². The van der Waals surface area contributed by atoms with Crippen LogP contribution in [0.2, 0.25) is 5.02 Å². The Morgan fingerprint density at radius 1 is 1.36 bits per heavy atom. The van der Waals surface area contributed by atoms with Crippen molar-refractivity contribution in [1.82, 2.24) is 5.48 Å². The maximum atomic E-state index is 8.55. The molecule has 0 bridgehead atoms. The fraction of sp³-hybridized carbons (Fsp3) is 0.455. The molecule has 14 heavy (non-hydrogen) atoms. The summed E-state index contributed by atoms with van der Waals surface area (Å²) in [5, 5.41) is 9.30. The lowest BCUT2D eigenvalue weighted by Crippen LogP contribution is -2.13. The minimum atomic E-state index is 0.0578. The van der Waals surface area contributed by atoms with E-state index in [0.717, 1.165) is 16.1 Å². The summed E-state index contributed by atoms with van der Waals surface area (Å²) in [6.45, 7) is 6.79. The van der Waals surface area contributed by atoms with Gasteiger partial charge in [-0.25, -0.2) is 5.48 Å². The molecule has 0 saturated carbocycles. The Bertz CT molecular complexity index is 318. The predicted molar refractivity (Wildman–Crippen MR) is 58.8 cm³/mol. The topological polar surface area (TPSA) is 32.3 Å². The number of rotatable bonds is 2. The average molecular weight is 214 g/mol. The summed E-state index contributed by atoms with van der Waals surface area (Å²) < 4.78 is 0. The monoisotopic (exact) mass is 213 g/mol. The second kappa shape index (κ2) is 4.30. The first-order chi connectivity index (χ1) is 6.45. The molecular formula is C11H16ClNO. The van der Waals surface area contributed by atoms with E-state index in [4.69, 9.17) is 16.8 Å². The van der Waals surface area contributed by atoms with Gasteiger partial charge < -0.3 is 5.21 Å². The van der Waals surface area contributed by atoms with Crippen molar-refractivity contribution in [3.63, 3.8) is 0 Å². The highest BCUT2D eigenvalue weighted by atomic mass is 35.5. The van der Waals surface area contributed by atoms with Gasteiger partial charge in [0, 0.05) is 11.6 Å². The van der Waals surface area contributed by atoms with Crippen molar-refractivity contribution in [3.8, 4) is 0 Å². The Morgan fingerprint density at radius 3 is 2.43 bits per heavy atom. The molecule has 0 radical (unpaired) electrons. The lowest BCUT2D eigenvalue weighted by molar-refractivity contribution is 0.161. The smallest absolute Gasteiger partial charge is 0.0458 e. The van der Waals surface area contributed by atoms with Gasteiger partial charge in [0.15, 0.2) is 0 Å². The van der Waals surface area contributed by atoms with Crippen LogP contribution in [-0.4, -0.2) is 5.21 Å². The molecule has 0 amide bonds. The SMILES string of the molecule is CC(C)(C)c1ccc(CNO)cc1Cl. The first-order valence-electron chi connectivity index (χ1n) is 4.61. The summed E-state index contributed by atoms with van der Waals surface area (Å²) in [5.74, 6) is 0. The maximum Gasteiger partial charge on any atom is 0.0458 e. The quantitative estimate of drug-likeness (QED) is 0.740. The van der Waals surface area contributed by atoms with Crippen molar-refractivity contribution in [3.05, 3.63) is 34.3 Å². The molecule has 1 aromatic carbocycles. The zero-order valence-corrected chi connectivity index (χ0v) is 9.52. The fourth-order valence-corrected chi connectivity index (χ4v) is 1.85. The third-order valence-corrected chi connectivity index (χ3v) is 2.44. The van der Waals surface area contributed by atoms with Gasteiger partial charge in [-0.3, -0.25) is 0 Å². The fourth-order valence-electron chi connectivity index (χ4n) is 1.37. The predicted octanol–water partition coefficient (Wildman–Crippen LogP) is 3.12. The number of hydrogen-bond donors (Lipinski definition) is 2. The molecule has 0 saturated heterocycles.